The first kappa shape index (κ1) is 15.0. The highest BCUT2D eigenvalue weighted by atomic mass is 127. The lowest BCUT2D eigenvalue weighted by atomic mass is 10.2. The fraction of sp³-hybridized carbons (Fsp3) is 0.462. The molecule has 2 nitrogen and oxygen atoms in total. The average molecular weight is 410 g/mol. The molecular weight excluding hydrogens is 393 g/mol. The zero-order valence-electron chi connectivity index (χ0n) is 10.2. The highest BCUT2D eigenvalue weighted by Crippen LogP contribution is 2.21. The predicted molar refractivity (Wildman–Crippen MR) is 83.3 cm³/mol. The molecule has 0 N–H and O–H groups in total. The van der Waals surface area contributed by atoms with Crippen molar-refractivity contribution in [3.8, 4) is 0 Å². The Morgan fingerprint density at radius 2 is 2.12 bits per heavy atom. The van der Waals surface area contributed by atoms with Gasteiger partial charge < -0.3 is 4.90 Å². The number of nitrogens with zero attached hydrogens (tertiary/aromatic N) is 1. The van der Waals surface area contributed by atoms with Gasteiger partial charge >= 0.3 is 0 Å². The third-order valence-electron chi connectivity index (χ3n) is 2.61. The average Bonchev–Trinajstić information content (AvgIpc) is 2.33. The first-order valence-corrected chi connectivity index (χ1v) is 7.71. The van der Waals surface area contributed by atoms with E-state index in [1.165, 1.54) is 0 Å². The number of hydrogen-bond donors (Lipinski definition) is 0. The van der Waals surface area contributed by atoms with E-state index in [1.807, 2.05) is 30.0 Å². The molecule has 0 saturated carbocycles. The van der Waals surface area contributed by atoms with Crippen molar-refractivity contribution in [2.75, 3.05) is 13.1 Å². The first-order chi connectivity index (χ1) is 8.10. The summed E-state index contributed by atoms with van der Waals surface area (Å²) in [6.07, 6.45) is 2.17. The quantitative estimate of drug-likeness (QED) is 0.663. The largest absolute Gasteiger partial charge is 0.339 e. The summed E-state index contributed by atoms with van der Waals surface area (Å²) >= 11 is 5.67. The Balaban J connectivity index is 2.89. The summed E-state index contributed by atoms with van der Waals surface area (Å²) in [7, 11) is 0. The SMILES string of the molecule is CCCCN(CC)C(=O)c1cc(I)ccc1Br. The fourth-order valence-corrected chi connectivity index (χ4v) is 2.49. The van der Waals surface area contributed by atoms with Crippen LogP contribution in [0.25, 0.3) is 0 Å². The zero-order valence-corrected chi connectivity index (χ0v) is 13.9. The Hall–Kier alpha value is -0.100. The van der Waals surface area contributed by atoms with Crippen molar-refractivity contribution in [3.63, 3.8) is 0 Å². The van der Waals surface area contributed by atoms with Crippen molar-refractivity contribution in [1.29, 1.82) is 0 Å². The van der Waals surface area contributed by atoms with Crippen molar-refractivity contribution in [3.05, 3.63) is 31.8 Å². The Morgan fingerprint density at radius 1 is 1.41 bits per heavy atom. The van der Waals surface area contributed by atoms with Gasteiger partial charge in [0, 0.05) is 21.1 Å². The molecule has 1 amide bonds. The normalized spacial score (nSPS) is 10.4. The minimum Gasteiger partial charge on any atom is -0.339 e. The van der Waals surface area contributed by atoms with E-state index >= 15 is 0 Å². The van der Waals surface area contributed by atoms with E-state index in [4.69, 9.17) is 0 Å². The molecule has 94 valence electrons. The molecule has 0 unspecified atom stereocenters. The van der Waals surface area contributed by atoms with Gasteiger partial charge in [0.15, 0.2) is 0 Å². The summed E-state index contributed by atoms with van der Waals surface area (Å²) in [5, 5.41) is 0. The molecule has 0 spiro atoms. The first-order valence-electron chi connectivity index (χ1n) is 5.84. The van der Waals surface area contributed by atoms with Crippen molar-refractivity contribution >= 4 is 44.4 Å². The van der Waals surface area contributed by atoms with E-state index in [1.54, 1.807) is 0 Å². The smallest absolute Gasteiger partial charge is 0.255 e. The highest BCUT2D eigenvalue weighted by molar-refractivity contribution is 14.1. The van der Waals surface area contributed by atoms with Crippen LogP contribution >= 0.6 is 38.5 Å². The summed E-state index contributed by atoms with van der Waals surface area (Å²) < 4.78 is 1.96. The summed E-state index contributed by atoms with van der Waals surface area (Å²) in [6.45, 7) is 5.76. The van der Waals surface area contributed by atoms with Crippen LogP contribution in [-0.2, 0) is 0 Å². The van der Waals surface area contributed by atoms with Crippen molar-refractivity contribution in [1.82, 2.24) is 4.90 Å². The molecule has 0 saturated heterocycles. The summed E-state index contributed by atoms with van der Waals surface area (Å²) in [5.74, 6) is 0.117. The molecule has 0 bridgehead atoms. The maximum atomic E-state index is 12.3. The third-order valence-corrected chi connectivity index (χ3v) is 3.97. The van der Waals surface area contributed by atoms with Gasteiger partial charge in [0.05, 0.1) is 5.56 Å². The van der Waals surface area contributed by atoms with Crippen LogP contribution in [0.2, 0.25) is 0 Å². The van der Waals surface area contributed by atoms with Crippen LogP contribution in [0.1, 0.15) is 37.0 Å². The fourth-order valence-electron chi connectivity index (χ4n) is 1.58. The van der Waals surface area contributed by atoms with Gasteiger partial charge in [-0.3, -0.25) is 4.79 Å². The Bertz CT molecular complexity index is 395. The maximum absolute atomic E-state index is 12.3. The van der Waals surface area contributed by atoms with Gasteiger partial charge in [-0.05, 0) is 70.1 Å². The van der Waals surface area contributed by atoms with E-state index in [2.05, 4.69) is 45.4 Å². The van der Waals surface area contributed by atoms with Crippen LogP contribution in [0.3, 0.4) is 0 Å². The van der Waals surface area contributed by atoms with Crippen LogP contribution in [-0.4, -0.2) is 23.9 Å². The second kappa shape index (κ2) is 7.36. The molecule has 0 heterocycles. The lowest BCUT2D eigenvalue weighted by molar-refractivity contribution is 0.0761. The molecule has 1 aromatic carbocycles. The van der Waals surface area contributed by atoms with Crippen molar-refractivity contribution in [2.45, 2.75) is 26.7 Å². The van der Waals surface area contributed by atoms with Crippen molar-refractivity contribution < 1.29 is 4.79 Å². The van der Waals surface area contributed by atoms with Gasteiger partial charge in [0.2, 0.25) is 0 Å². The van der Waals surface area contributed by atoms with E-state index < -0.39 is 0 Å². The molecule has 1 aromatic rings. The van der Waals surface area contributed by atoms with Crippen LogP contribution in [0.5, 0.6) is 0 Å². The summed E-state index contributed by atoms with van der Waals surface area (Å²) in [6, 6.07) is 5.86. The second-order valence-corrected chi connectivity index (χ2v) is 5.96. The molecule has 0 fully saturated rings. The van der Waals surface area contributed by atoms with Gasteiger partial charge in [-0.1, -0.05) is 13.3 Å². The Labute approximate surface area is 125 Å². The Morgan fingerprint density at radius 3 is 2.71 bits per heavy atom. The number of amides is 1. The standard InChI is InChI=1S/C13H17BrINO/c1-3-5-8-16(4-2)13(17)11-9-10(15)6-7-12(11)14/h6-7,9H,3-5,8H2,1-2H3. The summed E-state index contributed by atoms with van der Waals surface area (Å²) in [4.78, 5) is 14.2. The molecule has 0 aliphatic heterocycles. The van der Waals surface area contributed by atoms with Crippen LogP contribution in [0, 0.1) is 3.57 Å². The van der Waals surface area contributed by atoms with Gasteiger partial charge in [-0.15, -0.1) is 0 Å². The molecule has 0 aliphatic rings. The van der Waals surface area contributed by atoms with Crippen LogP contribution in [0.4, 0.5) is 0 Å². The second-order valence-electron chi connectivity index (χ2n) is 3.86. The third kappa shape index (κ3) is 4.25. The van der Waals surface area contributed by atoms with Crippen molar-refractivity contribution in [2.24, 2.45) is 0 Å². The molecule has 0 aromatic heterocycles. The molecule has 4 heteroatoms. The lowest BCUT2D eigenvalue weighted by Gasteiger charge is -2.21. The molecule has 0 aliphatic carbocycles. The van der Waals surface area contributed by atoms with E-state index in [0.717, 1.165) is 39.5 Å². The summed E-state index contributed by atoms with van der Waals surface area (Å²) in [5.41, 5.74) is 0.759. The predicted octanol–water partition coefficient (Wildman–Crippen LogP) is 4.32. The van der Waals surface area contributed by atoms with Crippen LogP contribution in [0.15, 0.2) is 22.7 Å². The van der Waals surface area contributed by atoms with Crippen LogP contribution < -0.4 is 0 Å². The number of carbonyl (C=O) groups excluding carboxylic acids is 1. The van der Waals surface area contributed by atoms with Gasteiger partial charge in [-0.2, -0.15) is 0 Å². The number of hydrogen-bond acceptors (Lipinski definition) is 1. The lowest BCUT2D eigenvalue weighted by Crippen LogP contribution is -2.32. The number of carbonyl (C=O) groups is 1. The number of unbranched alkanes of at least 4 members (excludes halogenated alkanes) is 1. The topological polar surface area (TPSA) is 20.3 Å². The molecule has 0 atom stereocenters. The van der Waals surface area contributed by atoms with Gasteiger partial charge in [-0.25, -0.2) is 0 Å². The van der Waals surface area contributed by atoms with E-state index in [0.29, 0.717) is 0 Å². The maximum Gasteiger partial charge on any atom is 0.255 e. The molecule has 17 heavy (non-hydrogen) atoms. The molecular formula is C13H17BrINO. The number of halogens is 2. The zero-order chi connectivity index (χ0) is 12.8. The number of benzene rings is 1. The van der Waals surface area contributed by atoms with Gasteiger partial charge in [0.25, 0.3) is 5.91 Å². The van der Waals surface area contributed by atoms with E-state index in [9.17, 15) is 4.79 Å². The number of rotatable bonds is 5. The highest BCUT2D eigenvalue weighted by Gasteiger charge is 2.16. The minimum atomic E-state index is 0.117. The molecule has 0 radical (unpaired) electrons. The van der Waals surface area contributed by atoms with E-state index in [-0.39, 0.29) is 5.91 Å². The Kier molecular flexibility index (Phi) is 6.48. The minimum absolute atomic E-state index is 0.117. The molecule has 1 rings (SSSR count). The van der Waals surface area contributed by atoms with Gasteiger partial charge in [0.1, 0.15) is 0 Å². The monoisotopic (exact) mass is 409 g/mol.